The third-order valence-electron chi connectivity index (χ3n) is 4.89. The van der Waals surface area contributed by atoms with Crippen molar-refractivity contribution in [3.63, 3.8) is 0 Å². The summed E-state index contributed by atoms with van der Waals surface area (Å²) in [5, 5.41) is -0.334. The molecule has 2 aromatic rings. The van der Waals surface area contributed by atoms with E-state index >= 15 is 0 Å². The van der Waals surface area contributed by atoms with Crippen LogP contribution in [0, 0.1) is 0 Å². The number of imide groups is 2. The van der Waals surface area contributed by atoms with Gasteiger partial charge in [0.05, 0.1) is 16.9 Å². The Hall–Kier alpha value is -3.01. The molecule has 0 aromatic heterocycles. The van der Waals surface area contributed by atoms with Gasteiger partial charge in [-0.25, -0.2) is 0 Å². The fraction of sp³-hybridized carbons (Fsp3) is 0.130. The Kier molecular flexibility index (Phi) is 6.92. The Labute approximate surface area is 203 Å². The van der Waals surface area contributed by atoms with Crippen molar-refractivity contribution in [1.82, 2.24) is 9.80 Å². The van der Waals surface area contributed by atoms with Crippen molar-refractivity contribution >= 4 is 69.6 Å². The molecule has 10 heteroatoms. The van der Waals surface area contributed by atoms with Crippen molar-refractivity contribution in [3.05, 3.63) is 74.5 Å². The highest BCUT2D eigenvalue weighted by Gasteiger charge is 2.39. The fourth-order valence-corrected chi connectivity index (χ4v) is 5.07. The summed E-state index contributed by atoms with van der Waals surface area (Å²) in [6, 6.07) is 14.0. The topological polar surface area (TPSA) is 84.0 Å². The number of nitrogens with zero attached hydrogens (tertiary/aromatic N) is 2. The molecule has 2 saturated heterocycles. The number of ether oxygens (including phenoxy) is 1. The number of rotatable bonds is 6. The zero-order valence-corrected chi connectivity index (χ0v) is 19.7. The van der Waals surface area contributed by atoms with E-state index in [1.54, 1.807) is 60.7 Å². The monoisotopic (exact) mass is 500 g/mol. The number of methoxy groups -OCH3 is 1. The average molecular weight is 501 g/mol. The molecule has 2 aliphatic heterocycles. The molecule has 0 atom stereocenters. The van der Waals surface area contributed by atoms with Gasteiger partial charge in [-0.2, -0.15) is 0 Å². The van der Waals surface area contributed by atoms with E-state index < -0.39 is 22.3 Å². The van der Waals surface area contributed by atoms with Gasteiger partial charge in [0.25, 0.3) is 22.3 Å². The Balaban J connectivity index is 1.44. The van der Waals surface area contributed by atoms with Gasteiger partial charge < -0.3 is 4.74 Å². The van der Waals surface area contributed by atoms with Crippen molar-refractivity contribution < 1.29 is 23.9 Å². The first-order chi connectivity index (χ1) is 15.9. The molecule has 2 aliphatic rings. The van der Waals surface area contributed by atoms with Gasteiger partial charge in [-0.15, -0.1) is 0 Å². The Morgan fingerprint density at radius 2 is 1.36 bits per heavy atom. The molecular formula is C23H17ClN2O5S2. The van der Waals surface area contributed by atoms with Gasteiger partial charge >= 0.3 is 0 Å². The first-order valence-corrected chi connectivity index (χ1v) is 11.8. The maximum atomic E-state index is 12.8. The second kappa shape index (κ2) is 9.86. The number of carbonyl (C=O) groups is 4. The summed E-state index contributed by atoms with van der Waals surface area (Å²) in [6.07, 6.45) is 3.20. The predicted octanol–water partition coefficient (Wildman–Crippen LogP) is 5.12. The van der Waals surface area contributed by atoms with E-state index in [-0.39, 0.29) is 22.9 Å². The molecule has 2 aromatic carbocycles. The SMILES string of the molecule is COc1ccccc1C=C1SC(=O)N(CCN2C(=O)SC(=Cc3ccc(Cl)cc3)C2=O)C1=O. The van der Waals surface area contributed by atoms with Crippen LogP contribution in [0.3, 0.4) is 0 Å². The molecule has 2 fully saturated rings. The molecule has 2 heterocycles. The number of carbonyl (C=O) groups excluding carboxylic acids is 4. The first kappa shape index (κ1) is 23.2. The van der Waals surface area contributed by atoms with E-state index in [0.29, 0.717) is 16.3 Å². The van der Waals surface area contributed by atoms with Crippen LogP contribution in [-0.4, -0.2) is 52.3 Å². The summed E-state index contributed by atoms with van der Waals surface area (Å²) < 4.78 is 5.28. The second-order valence-corrected chi connectivity index (χ2v) is 9.38. The zero-order chi connectivity index (χ0) is 23.5. The van der Waals surface area contributed by atoms with Crippen LogP contribution in [-0.2, 0) is 9.59 Å². The van der Waals surface area contributed by atoms with Gasteiger partial charge in [-0.3, -0.25) is 29.0 Å². The molecule has 4 amide bonds. The molecule has 0 bridgehead atoms. The van der Waals surface area contributed by atoms with Crippen molar-refractivity contribution in [2.75, 3.05) is 20.2 Å². The van der Waals surface area contributed by atoms with Crippen molar-refractivity contribution in [2.45, 2.75) is 0 Å². The summed E-state index contributed by atoms with van der Waals surface area (Å²) in [6.45, 7) is -0.164. The van der Waals surface area contributed by atoms with Crippen LogP contribution in [0.2, 0.25) is 5.02 Å². The maximum absolute atomic E-state index is 12.8. The Bertz CT molecular complexity index is 1210. The van der Waals surface area contributed by atoms with Gasteiger partial charge in [0.2, 0.25) is 0 Å². The van der Waals surface area contributed by atoms with E-state index in [0.717, 1.165) is 38.9 Å². The second-order valence-electron chi connectivity index (χ2n) is 6.96. The minimum absolute atomic E-state index is 0.0808. The van der Waals surface area contributed by atoms with Crippen LogP contribution in [0.5, 0.6) is 5.75 Å². The van der Waals surface area contributed by atoms with Crippen LogP contribution in [0.1, 0.15) is 11.1 Å². The molecule has 0 spiro atoms. The van der Waals surface area contributed by atoms with Crippen molar-refractivity contribution in [1.29, 1.82) is 0 Å². The van der Waals surface area contributed by atoms with Gasteiger partial charge in [0.15, 0.2) is 0 Å². The van der Waals surface area contributed by atoms with E-state index in [1.165, 1.54) is 7.11 Å². The number of hydrogen-bond donors (Lipinski definition) is 0. The maximum Gasteiger partial charge on any atom is 0.293 e. The van der Waals surface area contributed by atoms with E-state index in [9.17, 15) is 19.2 Å². The van der Waals surface area contributed by atoms with Crippen LogP contribution in [0.15, 0.2) is 58.3 Å². The van der Waals surface area contributed by atoms with E-state index in [1.807, 2.05) is 0 Å². The van der Waals surface area contributed by atoms with Gasteiger partial charge in [0, 0.05) is 23.7 Å². The highest BCUT2D eigenvalue weighted by Crippen LogP contribution is 2.35. The molecular weight excluding hydrogens is 484 g/mol. The lowest BCUT2D eigenvalue weighted by Crippen LogP contribution is -2.39. The Morgan fingerprint density at radius 3 is 1.94 bits per heavy atom. The minimum Gasteiger partial charge on any atom is -0.496 e. The lowest BCUT2D eigenvalue weighted by molar-refractivity contribution is -0.125. The molecule has 168 valence electrons. The van der Waals surface area contributed by atoms with E-state index in [2.05, 4.69) is 0 Å². The third kappa shape index (κ3) is 5.00. The van der Waals surface area contributed by atoms with Crippen LogP contribution in [0.4, 0.5) is 9.59 Å². The number of thioether (sulfide) groups is 2. The highest BCUT2D eigenvalue weighted by atomic mass is 35.5. The van der Waals surface area contributed by atoms with Gasteiger partial charge in [-0.1, -0.05) is 41.9 Å². The van der Waals surface area contributed by atoms with Crippen molar-refractivity contribution in [3.8, 4) is 5.75 Å². The molecule has 0 unspecified atom stereocenters. The first-order valence-electron chi connectivity index (χ1n) is 9.76. The summed E-state index contributed by atoms with van der Waals surface area (Å²) >= 11 is 7.50. The lowest BCUT2D eigenvalue weighted by atomic mass is 10.2. The molecule has 0 radical (unpaired) electrons. The number of hydrogen-bond acceptors (Lipinski definition) is 7. The standard InChI is InChI=1S/C23H17ClN2O5S2/c1-31-17-5-3-2-4-15(17)13-19-21(28)26(23(30)33-19)11-10-25-20(27)18(32-22(25)29)12-14-6-8-16(24)9-7-14/h2-9,12-13H,10-11H2,1H3. The summed E-state index contributed by atoms with van der Waals surface area (Å²) in [5.74, 6) is -0.356. The summed E-state index contributed by atoms with van der Waals surface area (Å²) in [5.41, 5.74) is 1.40. The molecule has 0 saturated carbocycles. The van der Waals surface area contributed by atoms with Crippen molar-refractivity contribution in [2.24, 2.45) is 0 Å². The smallest absolute Gasteiger partial charge is 0.293 e. The molecule has 7 nitrogen and oxygen atoms in total. The largest absolute Gasteiger partial charge is 0.496 e. The van der Waals surface area contributed by atoms with Crippen LogP contribution < -0.4 is 4.74 Å². The van der Waals surface area contributed by atoms with Gasteiger partial charge in [-0.05, 0) is 59.4 Å². The van der Waals surface area contributed by atoms with E-state index in [4.69, 9.17) is 16.3 Å². The summed E-state index contributed by atoms with van der Waals surface area (Å²) in [4.78, 5) is 52.9. The highest BCUT2D eigenvalue weighted by molar-refractivity contribution is 8.18. The quantitative estimate of drug-likeness (QED) is 0.509. The fourth-order valence-electron chi connectivity index (χ4n) is 3.22. The predicted molar refractivity (Wildman–Crippen MR) is 130 cm³/mol. The van der Waals surface area contributed by atoms with Crippen LogP contribution >= 0.6 is 35.1 Å². The number of para-hydroxylation sites is 1. The minimum atomic E-state index is -0.473. The number of amides is 4. The number of benzene rings is 2. The Morgan fingerprint density at radius 1 is 0.818 bits per heavy atom. The summed E-state index contributed by atoms with van der Waals surface area (Å²) in [7, 11) is 1.52. The molecule has 0 aliphatic carbocycles. The molecule has 4 rings (SSSR count). The van der Waals surface area contributed by atoms with Gasteiger partial charge in [0.1, 0.15) is 5.75 Å². The molecule has 33 heavy (non-hydrogen) atoms. The lowest BCUT2D eigenvalue weighted by Gasteiger charge is -2.17. The number of halogens is 1. The van der Waals surface area contributed by atoms with Crippen LogP contribution in [0.25, 0.3) is 12.2 Å². The average Bonchev–Trinajstić information content (AvgIpc) is 3.22. The normalized spacial score (nSPS) is 18.8. The molecule has 0 N–H and O–H groups in total. The third-order valence-corrected chi connectivity index (χ3v) is 6.95. The zero-order valence-electron chi connectivity index (χ0n) is 17.3.